The Morgan fingerprint density at radius 1 is 1.32 bits per heavy atom. The number of hydrogen-bond acceptors (Lipinski definition) is 3. The average molecular weight is 299 g/mol. The fourth-order valence-corrected chi connectivity index (χ4v) is 1.76. The van der Waals surface area contributed by atoms with Crippen LogP contribution in [0.4, 0.5) is 5.69 Å². The van der Waals surface area contributed by atoms with Crippen molar-refractivity contribution in [1.82, 2.24) is 5.32 Å². The normalized spacial score (nSPS) is 11.5. The van der Waals surface area contributed by atoms with Gasteiger partial charge in [-0.05, 0) is 36.3 Å². The summed E-state index contributed by atoms with van der Waals surface area (Å²) in [6, 6.07) is 7.37. The number of nitrogens with one attached hydrogen (secondary N) is 2. The minimum absolute atomic E-state index is 0.103. The number of carbonyl (C=O) groups excluding carboxylic acids is 1. The summed E-state index contributed by atoms with van der Waals surface area (Å²) < 4.78 is 0. The quantitative estimate of drug-likeness (QED) is 0.614. The standard InChI is InChI=1S/C18H25N3O/c1-3-5-6-7-15(4-2)14-21-17-10-8-16(9-11-17)18(22)20-13-12-19/h4-11,21H,2-3,12-14,19H2,1H3,(H,20,22)/b6-5-,15-7+. The molecule has 4 heteroatoms. The van der Waals surface area contributed by atoms with E-state index in [0.29, 0.717) is 25.2 Å². The van der Waals surface area contributed by atoms with E-state index in [2.05, 4.69) is 30.2 Å². The van der Waals surface area contributed by atoms with Gasteiger partial charge in [0.2, 0.25) is 0 Å². The highest BCUT2D eigenvalue weighted by Gasteiger charge is 2.03. The van der Waals surface area contributed by atoms with Crippen molar-refractivity contribution in [3.05, 3.63) is 66.3 Å². The van der Waals surface area contributed by atoms with Gasteiger partial charge in [0.25, 0.3) is 5.91 Å². The Hall–Kier alpha value is -2.33. The molecule has 0 aromatic heterocycles. The first-order valence-electron chi connectivity index (χ1n) is 7.51. The smallest absolute Gasteiger partial charge is 0.251 e. The second kappa shape index (κ2) is 10.4. The van der Waals surface area contributed by atoms with Gasteiger partial charge in [0.15, 0.2) is 0 Å². The van der Waals surface area contributed by atoms with E-state index in [1.54, 1.807) is 12.1 Å². The largest absolute Gasteiger partial charge is 0.381 e. The summed E-state index contributed by atoms with van der Waals surface area (Å²) in [5.41, 5.74) is 8.06. The van der Waals surface area contributed by atoms with E-state index in [1.807, 2.05) is 30.4 Å². The molecule has 4 N–H and O–H groups in total. The molecule has 1 rings (SSSR count). The minimum Gasteiger partial charge on any atom is -0.381 e. The van der Waals surface area contributed by atoms with Crippen LogP contribution in [0.1, 0.15) is 23.7 Å². The van der Waals surface area contributed by atoms with Crippen molar-refractivity contribution in [2.45, 2.75) is 13.3 Å². The van der Waals surface area contributed by atoms with Crippen LogP contribution in [0.25, 0.3) is 0 Å². The fourth-order valence-electron chi connectivity index (χ4n) is 1.76. The maximum absolute atomic E-state index is 11.8. The summed E-state index contributed by atoms with van der Waals surface area (Å²) in [5, 5.41) is 6.05. The zero-order valence-electron chi connectivity index (χ0n) is 13.1. The summed E-state index contributed by atoms with van der Waals surface area (Å²) in [6.07, 6.45) is 9.02. The number of hydrogen-bond donors (Lipinski definition) is 3. The van der Waals surface area contributed by atoms with Gasteiger partial charge >= 0.3 is 0 Å². The Bertz CT molecular complexity index is 530. The predicted molar refractivity (Wildman–Crippen MR) is 94.0 cm³/mol. The van der Waals surface area contributed by atoms with E-state index in [-0.39, 0.29) is 5.91 Å². The summed E-state index contributed by atoms with van der Waals surface area (Å²) in [5.74, 6) is -0.103. The van der Waals surface area contributed by atoms with Crippen LogP contribution in [0.15, 0.2) is 60.7 Å². The van der Waals surface area contributed by atoms with Crippen molar-refractivity contribution in [1.29, 1.82) is 0 Å². The molecular formula is C18H25N3O. The Balaban J connectivity index is 2.56. The van der Waals surface area contributed by atoms with Gasteiger partial charge in [-0.25, -0.2) is 0 Å². The summed E-state index contributed by atoms with van der Waals surface area (Å²) >= 11 is 0. The molecule has 0 aliphatic heterocycles. The topological polar surface area (TPSA) is 67.2 Å². The monoisotopic (exact) mass is 299 g/mol. The highest BCUT2D eigenvalue weighted by molar-refractivity contribution is 5.94. The van der Waals surface area contributed by atoms with Crippen molar-refractivity contribution < 1.29 is 4.79 Å². The lowest BCUT2D eigenvalue weighted by molar-refractivity contribution is 0.0955. The zero-order valence-corrected chi connectivity index (χ0v) is 13.1. The van der Waals surface area contributed by atoms with Gasteiger partial charge in [-0.2, -0.15) is 0 Å². The number of amides is 1. The highest BCUT2D eigenvalue weighted by Crippen LogP contribution is 2.10. The predicted octanol–water partition coefficient (Wildman–Crippen LogP) is 2.87. The lowest BCUT2D eigenvalue weighted by atomic mass is 10.1. The molecule has 0 spiro atoms. The van der Waals surface area contributed by atoms with E-state index in [9.17, 15) is 4.79 Å². The first kappa shape index (κ1) is 17.7. The van der Waals surface area contributed by atoms with Gasteiger partial charge in [0, 0.05) is 30.9 Å². The second-order valence-corrected chi connectivity index (χ2v) is 4.76. The Labute approximate surface area is 132 Å². The molecule has 118 valence electrons. The van der Waals surface area contributed by atoms with Gasteiger partial charge in [0.1, 0.15) is 0 Å². The highest BCUT2D eigenvalue weighted by atomic mass is 16.1. The summed E-state index contributed by atoms with van der Waals surface area (Å²) in [7, 11) is 0. The molecule has 4 nitrogen and oxygen atoms in total. The van der Waals surface area contributed by atoms with Gasteiger partial charge in [-0.15, -0.1) is 0 Å². The zero-order chi connectivity index (χ0) is 16.2. The molecular weight excluding hydrogens is 274 g/mol. The van der Waals surface area contributed by atoms with Crippen LogP contribution >= 0.6 is 0 Å². The molecule has 0 heterocycles. The maximum Gasteiger partial charge on any atom is 0.251 e. The van der Waals surface area contributed by atoms with E-state index < -0.39 is 0 Å². The van der Waals surface area contributed by atoms with Crippen LogP contribution in [-0.2, 0) is 0 Å². The van der Waals surface area contributed by atoms with Gasteiger partial charge in [0.05, 0.1) is 0 Å². The molecule has 0 atom stereocenters. The molecule has 0 aliphatic carbocycles. The number of rotatable bonds is 9. The first-order chi connectivity index (χ1) is 10.7. The number of allylic oxidation sites excluding steroid dienone is 3. The number of anilines is 1. The van der Waals surface area contributed by atoms with Crippen LogP contribution in [0, 0.1) is 0 Å². The molecule has 0 bridgehead atoms. The van der Waals surface area contributed by atoms with E-state index in [0.717, 1.165) is 17.7 Å². The van der Waals surface area contributed by atoms with Crippen LogP contribution in [0.3, 0.4) is 0 Å². The Kier molecular flexibility index (Phi) is 8.38. The lowest BCUT2D eigenvalue weighted by Gasteiger charge is -2.08. The molecule has 0 fully saturated rings. The SMILES string of the molecule is C=C/C(=C\C=C/CC)CNc1ccc(C(=O)NCCN)cc1. The van der Waals surface area contributed by atoms with Gasteiger partial charge < -0.3 is 16.4 Å². The second-order valence-electron chi connectivity index (χ2n) is 4.76. The first-order valence-corrected chi connectivity index (χ1v) is 7.51. The molecule has 0 saturated heterocycles. The average Bonchev–Trinajstić information content (AvgIpc) is 2.56. The maximum atomic E-state index is 11.8. The third-order valence-electron chi connectivity index (χ3n) is 3.02. The molecule has 0 unspecified atom stereocenters. The fraction of sp³-hybridized carbons (Fsp3) is 0.278. The van der Waals surface area contributed by atoms with Crippen LogP contribution in [0.2, 0.25) is 0 Å². The van der Waals surface area contributed by atoms with Gasteiger partial charge in [-0.1, -0.05) is 37.8 Å². The number of carbonyl (C=O) groups is 1. The van der Waals surface area contributed by atoms with E-state index in [1.165, 1.54) is 0 Å². The lowest BCUT2D eigenvalue weighted by Crippen LogP contribution is -2.28. The summed E-state index contributed by atoms with van der Waals surface area (Å²) in [6.45, 7) is 7.52. The van der Waals surface area contributed by atoms with Crippen LogP contribution < -0.4 is 16.4 Å². The van der Waals surface area contributed by atoms with Crippen molar-refractivity contribution in [3.63, 3.8) is 0 Å². The molecule has 1 aromatic carbocycles. The number of nitrogens with two attached hydrogens (primary N) is 1. The third-order valence-corrected chi connectivity index (χ3v) is 3.02. The summed E-state index contributed by atoms with van der Waals surface area (Å²) in [4.78, 5) is 11.8. The Morgan fingerprint density at radius 3 is 2.64 bits per heavy atom. The third kappa shape index (κ3) is 6.41. The van der Waals surface area contributed by atoms with E-state index >= 15 is 0 Å². The molecule has 22 heavy (non-hydrogen) atoms. The van der Waals surface area contributed by atoms with Crippen molar-refractivity contribution >= 4 is 11.6 Å². The number of benzene rings is 1. The molecule has 0 aliphatic rings. The van der Waals surface area contributed by atoms with E-state index in [4.69, 9.17) is 5.73 Å². The van der Waals surface area contributed by atoms with Crippen molar-refractivity contribution in [2.24, 2.45) is 5.73 Å². The Morgan fingerprint density at radius 2 is 2.05 bits per heavy atom. The van der Waals surface area contributed by atoms with Gasteiger partial charge in [-0.3, -0.25) is 4.79 Å². The molecule has 0 radical (unpaired) electrons. The molecule has 1 aromatic rings. The van der Waals surface area contributed by atoms with Crippen molar-refractivity contribution in [3.8, 4) is 0 Å². The minimum atomic E-state index is -0.103. The molecule has 1 amide bonds. The molecule has 0 saturated carbocycles. The van der Waals surface area contributed by atoms with Crippen LogP contribution in [-0.4, -0.2) is 25.5 Å². The van der Waals surface area contributed by atoms with Crippen LogP contribution in [0.5, 0.6) is 0 Å². The van der Waals surface area contributed by atoms with Crippen molar-refractivity contribution in [2.75, 3.05) is 25.0 Å².